The largest absolute Gasteiger partial charge is 0.480 e. The van der Waals surface area contributed by atoms with Gasteiger partial charge in [-0.25, -0.2) is 14.4 Å². The normalized spacial score (nSPS) is 15.9. The quantitative estimate of drug-likeness (QED) is 0.195. The van der Waals surface area contributed by atoms with E-state index in [2.05, 4.69) is 22.5 Å². The third-order valence-corrected chi connectivity index (χ3v) is 6.14. The number of carboxylic acids is 2. The molecule has 0 aromatic rings. The minimum Gasteiger partial charge on any atom is -0.480 e. The highest BCUT2D eigenvalue weighted by atomic mass is 16.6. The van der Waals surface area contributed by atoms with E-state index in [9.17, 15) is 29.4 Å². The first kappa shape index (κ1) is 31.3. The molecule has 1 rings (SSSR count). The molecule has 0 aromatic heterocycles. The molecular weight excluding hydrogens is 466 g/mol. The van der Waals surface area contributed by atoms with Crippen LogP contribution in [0.3, 0.4) is 0 Å². The molecule has 36 heavy (non-hydrogen) atoms. The molecule has 10 heteroatoms. The molecule has 1 saturated carbocycles. The number of ether oxygens (including phenoxy) is 1. The molecule has 5 N–H and O–H groups in total. The van der Waals surface area contributed by atoms with Crippen LogP contribution in [-0.2, 0) is 19.1 Å². The van der Waals surface area contributed by atoms with Crippen LogP contribution in [0.2, 0.25) is 0 Å². The van der Waals surface area contributed by atoms with Crippen LogP contribution in [0.1, 0.15) is 97.8 Å². The first-order chi connectivity index (χ1) is 16.9. The number of carbonyl (C=O) groups is 4. The maximum atomic E-state index is 12.3. The molecule has 2 amide bonds. The summed E-state index contributed by atoms with van der Waals surface area (Å²) in [7, 11) is 0. The van der Waals surface area contributed by atoms with Crippen LogP contribution in [-0.4, -0.2) is 58.4 Å². The van der Waals surface area contributed by atoms with Gasteiger partial charge >= 0.3 is 18.0 Å². The molecule has 0 aromatic carbocycles. The van der Waals surface area contributed by atoms with Crippen molar-refractivity contribution in [2.24, 2.45) is 5.92 Å². The summed E-state index contributed by atoms with van der Waals surface area (Å²) < 4.78 is 5.13. The van der Waals surface area contributed by atoms with Gasteiger partial charge in [0, 0.05) is 18.7 Å². The molecule has 0 unspecified atom stereocenters. The van der Waals surface area contributed by atoms with Crippen molar-refractivity contribution in [3.8, 4) is 0 Å². The van der Waals surface area contributed by atoms with Gasteiger partial charge in [0.2, 0.25) is 5.91 Å². The van der Waals surface area contributed by atoms with Crippen LogP contribution in [0.25, 0.3) is 0 Å². The monoisotopic (exact) mass is 511 g/mol. The zero-order valence-electron chi connectivity index (χ0n) is 22.1. The number of carbonyl (C=O) groups excluding carboxylic acids is 2. The molecule has 206 valence electrons. The van der Waals surface area contributed by atoms with Gasteiger partial charge in [0.05, 0.1) is 0 Å². The zero-order chi connectivity index (χ0) is 27.1. The maximum absolute atomic E-state index is 12.3. The number of nitrogens with one attached hydrogen (secondary N) is 3. The number of rotatable bonds is 16. The summed E-state index contributed by atoms with van der Waals surface area (Å²) in [6, 6.07) is -2.04. The van der Waals surface area contributed by atoms with Gasteiger partial charge in [0.15, 0.2) is 0 Å². The van der Waals surface area contributed by atoms with E-state index in [4.69, 9.17) is 4.74 Å². The highest BCUT2D eigenvalue weighted by Gasteiger charge is 2.23. The van der Waals surface area contributed by atoms with Crippen LogP contribution in [0, 0.1) is 5.92 Å². The Kier molecular flexibility index (Phi) is 13.9. The molecule has 10 nitrogen and oxygen atoms in total. The van der Waals surface area contributed by atoms with Crippen LogP contribution >= 0.6 is 0 Å². The van der Waals surface area contributed by atoms with Crippen molar-refractivity contribution >= 4 is 23.9 Å². The van der Waals surface area contributed by atoms with E-state index in [0.717, 1.165) is 6.42 Å². The second kappa shape index (κ2) is 16.1. The molecule has 0 spiro atoms. The Bertz CT molecular complexity index is 742. The van der Waals surface area contributed by atoms with E-state index in [-0.39, 0.29) is 19.3 Å². The van der Waals surface area contributed by atoms with Gasteiger partial charge in [0.25, 0.3) is 0 Å². The van der Waals surface area contributed by atoms with Gasteiger partial charge in [-0.15, -0.1) is 0 Å². The van der Waals surface area contributed by atoms with E-state index in [1.165, 1.54) is 32.1 Å². The molecular formula is C26H45N3O7. The van der Waals surface area contributed by atoms with Crippen molar-refractivity contribution in [2.75, 3.05) is 6.54 Å². The number of carboxylic acid groups (broad SMARTS) is 2. The number of hydrogen-bond donors (Lipinski definition) is 5. The Labute approximate surface area is 214 Å². The number of amides is 2. The lowest BCUT2D eigenvalue weighted by Gasteiger charge is -2.23. The topological polar surface area (TPSA) is 154 Å². The fourth-order valence-electron chi connectivity index (χ4n) is 4.21. The summed E-state index contributed by atoms with van der Waals surface area (Å²) in [5.41, 5.74) is 0.0527. The predicted octanol–water partition coefficient (Wildman–Crippen LogP) is 3.95. The predicted molar refractivity (Wildman–Crippen MR) is 136 cm³/mol. The van der Waals surface area contributed by atoms with Crippen molar-refractivity contribution in [2.45, 2.75) is 116 Å². The van der Waals surface area contributed by atoms with Crippen molar-refractivity contribution in [3.63, 3.8) is 0 Å². The van der Waals surface area contributed by atoms with E-state index in [0.29, 0.717) is 37.4 Å². The van der Waals surface area contributed by atoms with E-state index >= 15 is 0 Å². The van der Waals surface area contributed by atoms with Crippen molar-refractivity contribution in [3.05, 3.63) is 12.3 Å². The van der Waals surface area contributed by atoms with Crippen LogP contribution < -0.4 is 16.0 Å². The Morgan fingerprint density at radius 3 is 2.11 bits per heavy atom. The van der Waals surface area contributed by atoms with Crippen molar-refractivity contribution in [1.82, 2.24) is 16.0 Å². The first-order valence-corrected chi connectivity index (χ1v) is 13.0. The van der Waals surface area contributed by atoms with Gasteiger partial charge in [-0.05, 0) is 65.2 Å². The van der Waals surface area contributed by atoms with Gasteiger partial charge in [-0.1, -0.05) is 38.7 Å². The second-order valence-corrected chi connectivity index (χ2v) is 10.6. The summed E-state index contributed by atoms with van der Waals surface area (Å²) in [6.07, 6.45) is 8.42. The molecule has 0 saturated heterocycles. The lowest BCUT2D eigenvalue weighted by molar-refractivity contribution is -0.142. The summed E-state index contributed by atoms with van der Waals surface area (Å²) >= 11 is 0. The van der Waals surface area contributed by atoms with Crippen LogP contribution in [0.5, 0.6) is 0 Å². The molecule has 1 aliphatic carbocycles. The Morgan fingerprint density at radius 1 is 0.917 bits per heavy atom. The third-order valence-electron chi connectivity index (χ3n) is 6.14. The van der Waals surface area contributed by atoms with E-state index in [1.54, 1.807) is 20.8 Å². The fourth-order valence-corrected chi connectivity index (χ4v) is 4.21. The smallest absolute Gasteiger partial charge is 0.407 e. The zero-order valence-corrected chi connectivity index (χ0v) is 22.1. The summed E-state index contributed by atoms with van der Waals surface area (Å²) in [4.78, 5) is 47.1. The first-order valence-electron chi connectivity index (χ1n) is 13.0. The minimum atomic E-state index is -1.16. The van der Waals surface area contributed by atoms with Gasteiger partial charge in [-0.2, -0.15) is 0 Å². The summed E-state index contributed by atoms with van der Waals surface area (Å²) in [5, 5.41) is 26.9. The summed E-state index contributed by atoms with van der Waals surface area (Å²) in [5.74, 6) is -2.09. The Hall–Kier alpha value is -2.78. The Balaban J connectivity index is 2.35. The highest BCUT2D eigenvalue weighted by molar-refractivity contribution is 5.84. The number of alkyl carbamates (subject to hydrolysis) is 1. The second-order valence-electron chi connectivity index (χ2n) is 10.6. The summed E-state index contributed by atoms with van der Waals surface area (Å²) in [6.45, 7) is 9.56. The van der Waals surface area contributed by atoms with E-state index in [1.807, 2.05) is 0 Å². The number of aliphatic carboxylic acids is 2. The average Bonchev–Trinajstić information content (AvgIpc) is 2.78. The highest BCUT2D eigenvalue weighted by Crippen LogP contribution is 2.28. The minimum absolute atomic E-state index is 0.0236. The average molecular weight is 512 g/mol. The molecule has 0 radical (unpaired) electrons. The molecule has 0 bridgehead atoms. The maximum Gasteiger partial charge on any atom is 0.407 e. The molecule has 1 aliphatic rings. The van der Waals surface area contributed by atoms with Crippen molar-refractivity contribution < 1.29 is 34.1 Å². The van der Waals surface area contributed by atoms with Crippen LogP contribution in [0.4, 0.5) is 4.79 Å². The molecule has 0 heterocycles. The number of hydrogen-bond acceptors (Lipinski definition) is 6. The standard InChI is InChI=1S/C26H45N3O7/c1-18(13-14-19-10-6-5-7-11-19)28-21(24(33)34)15-16-22(30)29-20(23(31)32)12-8-9-17-27-25(35)36-26(2,3)4/h19-21,28H,1,5-17H2,2-4H3,(H,27,35)(H,29,30)(H,31,32)(H,33,34)/t20-,21-/m0/s1. The van der Waals surface area contributed by atoms with Gasteiger partial charge in [0.1, 0.15) is 17.7 Å². The SMILES string of the molecule is C=C(CCC1CCCCC1)N[C@@H](CCC(=O)N[C@@H](CCCCNC(=O)OC(C)(C)C)C(=O)O)C(=O)O. The van der Waals surface area contributed by atoms with E-state index < -0.39 is 41.6 Å². The molecule has 1 fully saturated rings. The lowest BCUT2D eigenvalue weighted by atomic mass is 9.86. The third kappa shape index (κ3) is 14.6. The molecule has 0 aliphatic heterocycles. The molecule has 2 atom stereocenters. The number of allylic oxidation sites excluding steroid dienone is 1. The van der Waals surface area contributed by atoms with Gasteiger partial charge in [-0.3, -0.25) is 4.79 Å². The Morgan fingerprint density at radius 2 is 1.53 bits per heavy atom. The van der Waals surface area contributed by atoms with Crippen LogP contribution in [0.15, 0.2) is 12.3 Å². The number of unbranched alkanes of at least 4 members (excludes halogenated alkanes) is 1. The van der Waals surface area contributed by atoms with Gasteiger partial charge < -0.3 is 30.9 Å². The lowest BCUT2D eigenvalue weighted by Crippen LogP contribution is -2.42. The fraction of sp³-hybridized carbons (Fsp3) is 0.769. The van der Waals surface area contributed by atoms with Crippen molar-refractivity contribution in [1.29, 1.82) is 0 Å².